The zero-order valence-corrected chi connectivity index (χ0v) is 4.42. The number of hydrogen-bond donors (Lipinski definition) is 3. The number of carbonyl (C=O) groups is 2. The van der Waals surface area contributed by atoms with Crippen LogP contribution in [0.1, 0.15) is 10.5 Å². The fraction of sp³-hybridized carbons (Fsp3) is 0.500. The first-order valence-corrected chi connectivity index (χ1v) is 1.96. The molecule has 52 valence electrons. The maximum atomic E-state index is 10.4. The third kappa shape index (κ3) is 3.48. The van der Waals surface area contributed by atoms with Gasteiger partial charge in [0.2, 0.25) is 5.91 Å². The van der Waals surface area contributed by atoms with Crippen molar-refractivity contribution < 1.29 is 18.8 Å². The average molecular weight is 141 g/mol. The molecular formula is C4H8N2O3. The predicted octanol–water partition coefficient (Wildman–Crippen LogP) is -1.73. The summed E-state index contributed by atoms with van der Waals surface area (Å²) in [7, 11) is 0. The number of carbonyl (C=O) groups excluding carboxylic acids is 1. The maximum absolute atomic E-state index is 10.4. The Hall–Kier alpha value is -1.10. The van der Waals surface area contributed by atoms with Crippen molar-refractivity contribution in [3.8, 4) is 0 Å². The van der Waals surface area contributed by atoms with E-state index in [0.717, 1.165) is 0 Å². The molecule has 0 saturated heterocycles. The van der Waals surface area contributed by atoms with Crippen LogP contribution in [-0.2, 0) is 9.59 Å². The highest BCUT2D eigenvalue weighted by atomic mass is 16.5. The number of carboxylic acids is 1. The molecule has 0 rings (SSSR count). The first kappa shape index (κ1) is 3.84. The SMILES string of the molecule is [2H][13C]([2H])([13C]([15NH2])=O)[13C@]([2H])([15NH2])[13C](=O)O. The minimum Gasteiger partial charge on any atom is -0.480 e. The van der Waals surface area contributed by atoms with Crippen LogP contribution in [-0.4, -0.2) is 23.0 Å². The number of amides is 1. The topological polar surface area (TPSA) is 106 Å². The molecule has 0 heterocycles. The molecule has 0 radical (unpaired) electrons. The number of primary amides is 1. The van der Waals surface area contributed by atoms with E-state index in [-0.39, 0.29) is 0 Å². The summed E-state index contributed by atoms with van der Waals surface area (Å²) in [6, 6.07) is -3.06. The maximum Gasteiger partial charge on any atom is 0.321 e. The molecular weight excluding hydrogens is 130 g/mol. The Labute approximate surface area is 55.8 Å². The minimum absolute atomic E-state index is 1.58. The second-order valence-electron chi connectivity index (χ2n) is 1.21. The van der Waals surface area contributed by atoms with Crippen molar-refractivity contribution in [2.75, 3.05) is 0 Å². The molecule has 1 amide bonds. The van der Waals surface area contributed by atoms with E-state index in [2.05, 4.69) is 5.73 Å². The molecule has 1 atom stereocenters. The highest BCUT2D eigenvalue weighted by Crippen LogP contribution is 1.84. The molecule has 0 aromatic rings. The van der Waals surface area contributed by atoms with Gasteiger partial charge in [0.1, 0.15) is 6.02 Å². The molecule has 0 bridgehead atoms. The summed E-state index contributed by atoms with van der Waals surface area (Å²) in [5, 5.41) is 8.27. The summed E-state index contributed by atoms with van der Waals surface area (Å²) in [5.74, 6) is -3.53. The standard InChI is InChI=1S/C4H8N2O3/c5-2(4(8)9)1-3(6)7/h2H,1,5H2,(H2,6,7)(H,8,9)/t2-/m0/s1/i1+1D2,2+1D,3+1,4+1,5+1,6+1. The van der Waals surface area contributed by atoms with Gasteiger partial charge in [0.05, 0.1) is 7.74 Å². The first-order chi connectivity index (χ1) is 5.14. The zero-order chi connectivity index (χ0) is 10.2. The summed E-state index contributed by atoms with van der Waals surface area (Å²) >= 11 is 0. The molecule has 0 aliphatic heterocycles. The fourth-order valence-electron chi connectivity index (χ4n) is 0.186. The number of rotatable bonds is 3. The Morgan fingerprint density at radius 1 is 1.89 bits per heavy atom. The second-order valence-corrected chi connectivity index (χ2v) is 1.21. The molecule has 0 fully saturated rings. The summed E-state index contributed by atoms with van der Waals surface area (Å²) in [6.45, 7) is 0. The molecule has 5 nitrogen and oxygen atoms in total. The van der Waals surface area contributed by atoms with Crippen LogP contribution < -0.4 is 11.5 Å². The zero-order valence-electron chi connectivity index (χ0n) is 7.42. The van der Waals surface area contributed by atoms with E-state index in [0.29, 0.717) is 0 Å². The van der Waals surface area contributed by atoms with E-state index in [9.17, 15) is 9.59 Å². The van der Waals surface area contributed by atoms with Crippen molar-refractivity contribution in [1.82, 2.24) is 0 Å². The van der Waals surface area contributed by atoms with Crippen molar-refractivity contribution in [2.45, 2.75) is 12.4 Å². The van der Waals surface area contributed by atoms with E-state index >= 15 is 0 Å². The van der Waals surface area contributed by atoms with Crippen molar-refractivity contribution in [3.63, 3.8) is 0 Å². The Balaban J connectivity index is 5.01. The number of carboxylic acid groups (broad SMARTS) is 1. The van der Waals surface area contributed by atoms with Gasteiger partial charge in [0.15, 0.2) is 0 Å². The normalized spacial score (nSPS) is 22.6. The van der Waals surface area contributed by atoms with Crippen LogP contribution in [0.5, 0.6) is 0 Å². The molecule has 0 aromatic heterocycles. The van der Waals surface area contributed by atoms with Gasteiger partial charge in [-0.15, -0.1) is 0 Å². The van der Waals surface area contributed by atoms with Crippen LogP contribution in [0.25, 0.3) is 0 Å². The van der Waals surface area contributed by atoms with Crippen molar-refractivity contribution in [3.05, 3.63) is 0 Å². The van der Waals surface area contributed by atoms with E-state index in [1.54, 1.807) is 0 Å². The predicted molar refractivity (Wildman–Crippen MR) is 29.4 cm³/mol. The average Bonchev–Trinajstić information content (AvgIpc) is 1.86. The molecule has 9 heavy (non-hydrogen) atoms. The van der Waals surface area contributed by atoms with Crippen molar-refractivity contribution in [2.24, 2.45) is 11.5 Å². The molecule has 0 saturated carbocycles. The largest absolute Gasteiger partial charge is 0.480 e. The highest BCUT2D eigenvalue weighted by molar-refractivity contribution is 5.82. The third-order valence-electron chi connectivity index (χ3n) is 0.488. The minimum atomic E-state index is -3.10. The van der Waals surface area contributed by atoms with Gasteiger partial charge in [-0.2, -0.15) is 0 Å². The molecule has 0 aliphatic carbocycles. The van der Waals surface area contributed by atoms with Crippen LogP contribution in [0.3, 0.4) is 0 Å². The van der Waals surface area contributed by atoms with Gasteiger partial charge in [-0.05, 0) is 0 Å². The van der Waals surface area contributed by atoms with Crippen LogP contribution >= 0.6 is 0 Å². The smallest absolute Gasteiger partial charge is 0.321 e. The molecule has 0 spiro atoms. The lowest BCUT2D eigenvalue weighted by molar-refractivity contribution is -0.140. The molecule has 5 heteroatoms. The molecule has 0 aromatic carbocycles. The van der Waals surface area contributed by atoms with Crippen LogP contribution in [0.4, 0.5) is 0 Å². The van der Waals surface area contributed by atoms with E-state index in [4.69, 9.17) is 15.0 Å². The van der Waals surface area contributed by atoms with Gasteiger partial charge in [0, 0.05) is 2.74 Å². The van der Waals surface area contributed by atoms with Gasteiger partial charge in [-0.1, -0.05) is 0 Å². The lowest BCUT2D eigenvalue weighted by atomic mass is 11.2. The van der Waals surface area contributed by atoms with Gasteiger partial charge in [-0.3, -0.25) is 9.59 Å². The van der Waals surface area contributed by atoms with E-state index in [1.165, 1.54) is 0 Å². The first-order valence-electron chi connectivity index (χ1n) is 3.46. The fourth-order valence-corrected chi connectivity index (χ4v) is 0.186. The Kier molecular flexibility index (Phi) is 1.29. The summed E-state index contributed by atoms with van der Waals surface area (Å²) in [4.78, 5) is 20.6. The third-order valence-corrected chi connectivity index (χ3v) is 0.488. The van der Waals surface area contributed by atoms with E-state index < -0.39 is 24.3 Å². The van der Waals surface area contributed by atoms with Crippen LogP contribution in [0.15, 0.2) is 0 Å². The molecule has 5 N–H and O–H groups in total. The van der Waals surface area contributed by atoms with Crippen LogP contribution in [0.2, 0.25) is 0 Å². The van der Waals surface area contributed by atoms with Crippen molar-refractivity contribution >= 4 is 11.9 Å². The molecule has 0 unspecified atom stereocenters. The summed E-state index contributed by atoms with van der Waals surface area (Å²) in [6.07, 6.45) is -3.10. The lowest BCUT2D eigenvalue weighted by Crippen LogP contribution is -2.34. The Bertz CT molecular complexity index is 204. The highest BCUT2D eigenvalue weighted by Gasteiger charge is 2.13. The number of nitrogens with two attached hydrogens (primary N) is 2. The molecule has 0 aliphatic rings. The van der Waals surface area contributed by atoms with Gasteiger partial charge in [-0.25, -0.2) is 0 Å². The van der Waals surface area contributed by atoms with Crippen molar-refractivity contribution in [1.29, 1.82) is 0 Å². The van der Waals surface area contributed by atoms with Gasteiger partial charge >= 0.3 is 5.97 Å². The summed E-state index contributed by atoms with van der Waals surface area (Å²) < 4.78 is 20.4. The monoisotopic (exact) mass is 141 g/mol. The quantitative estimate of drug-likeness (QED) is 0.320. The van der Waals surface area contributed by atoms with Gasteiger partial charge in [0.25, 0.3) is 0 Å². The lowest BCUT2D eigenvalue weighted by Gasteiger charge is -1.99. The Morgan fingerprint density at radius 3 is 2.44 bits per heavy atom. The number of aliphatic carboxylic acids is 1. The van der Waals surface area contributed by atoms with Gasteiger partial charge < -0.3 is 16.6 Å². The number of hydrogen-bond acceptors (Lipinski definition) is 3. The van der Waals surface area contributed by atoms with Crippen LogP contribution in [0, 0.1) is 0 Å². The summed E-state index contributed by atoms with van der Waals surface area (Å²) in [5.41, 5.74) is 9.25. The second kappa shape index (κ2) is 3.03. The Morgan fingerprint density at radius 2 is 2.33 bits per heavy atom. The van der Waals surface area contributed by atoms with E-state index in [1.807, 2.05) is 0 Å².